The first-order chi connectivity index (χ1) is 14.5. The minimum absolute atomic E-state index is 0.140. The molecule has 156 valence electrons. The van der Waals surface area contributed by atoms with Crippen molar-refractivity contribution in [2.45, 2.75) is 19.4 Å². The third kappa shape index (κ3) is 3.11. The van der Waals surface area contributed by atoms with Gasteiger partial charge in [0.25, 0.3) is 5.56 Å². The van der Waals surface area contributed by atoms with Gasteiger partial charge in [-0.25, -0.2) is 9.78 Å². The van der Waals surface area contributed by atoms with Crippen LogP contribution in [0.5, 0.6) is 11.5 Å². The van der Waals surface area contributed by atoms with E-state index in [1.54, 1.807) is 18.2 Å². The molecule has 10 nitrogen and oxygen atoms in total. The van der Waals surface area contributed by atoms with E-state index < -0.39 is 17.2 Å². The summed E-state index contributed by atoms with van der Waals surface area (Å²) in [5.74, 6) is 0.747. The van der Waals surface area contributed by atoms with E-state index >= 15 is 0 Å². The summed E-state index contributed by atoms with van der Waals surface area (Å²) in [6.45, 7) is 1.62. The van der Waals surface area contributed by atoms with Gasteiger partial charge in [-0.05, 0) is 25.0 Å². The Balaban J connectivity index is 1.47. The van der Waals surface area contributed by atoms with Crippen LogP contribution in [0.2, 0.25) is 0 Å². The smallest absolute Gasteiger partial charge is 0.332 e. The van der Waals surface area contributed by atoms with E-state index in [2.05, 4.69) is 15.2 Å². The number of fused-ring (bicyclic) bond motifs is 2. The number of anilines is 2. The quantitative estimate of drug-likeness (QED) is 0.662. The van der Waals surface area contributed by atoms with Crippen LogP contribution in [-0.4, -0.2) is 39.9 Å². The molecule has 0 spiro atoms. The Morgan fingerprint density at radius 1 is 1.20 bits per heavy atom. The van der Waals surface area contributed by atoms with Crippen LogP contribution in [0, 0.1) is 0 Å². The predicted octanol–water partition coefficient (Wildman–Crippen LogP) is 1.12. The topological polar surface area (TPSA) is 108 Å². The van der Waals surface area contributed by atoms with Gasteiger partial charge in [-0.3, -0.25) is 18.7 Å². The van der Waals surface area contributed by atoms with Gasteiger partial charge in [0, 0.05) is 31.9 Å². The summed E-state index contributed by atoms with van der Waals surface area (Å²) in [7, 11) is 1.41. The van der Waals surface area contributed by atoms with Crippen LogP contribution in [0.25, 0.3) is 10.3 Å². The molecule has 4 heterocycles. The number of rotatable bonds is 4. The van der Waals surface area contributed by atoms with E-state index in [1.807, 2.05) is 0 Å². The van der Waals surface area contributed by atoms with Crippen molar-refractivity contribution in [3.05, 3.63) is 39.0 Å². The maximum absolute atomic E-state index is 12.7. The molecule has 1 saturated heterocycles. The molecule has 0 bridgehead atoms. The minimum Gasteiger partial charge on any atom is -0.454 e. The summed E-state index contributed by atoms with van der Waals surface area (Å²) in [5, 5.41) is 3.46. The van der Waals surface area contributed by atoms with Crippen molar-refractivity contribution in [3.8, 4) is 11.5 Å². The van der Waals surface area contributed by atoms with Crippen LogP contribution < -0.4 is 30.9 Å². The fraction of sp³-hybridized carbons (Fsp3) is 0.368. The van der Waals surface area contributed by atoms with E-state index in [4.69, 9.17) is 9.47 Å². The van der Waals surface area contributed by atoms with Crippen molar-refractivity contribution < 1.29 is 14.3 Å². The molecular weight excluding hydrogens is 410 g/mol. The maximum atomic E-state index is 12.7. The van der Waals surface area contributed by atoms with Crippen molar-refractivity contribution in [3.63, 3.8) is 0 Å². The van der Waals surface area contributed by atoms with E-state index in [9.17, 15) is 14.4 Å². The van der Waals surface area contributed by atoms with Crippen LogP contribution in [0.15, 0.2) is 27.8 Å². The van der Waals surface area contributed by atoms with Crippen molar-refractivity contribution in [2.24, 2.45) is 7.05 Å². The van der Waals surface area contributed by atoms with Gasteiger partial charge in [-0.1, -0.05) is 11.3 Å². The number of carbonyl (C=O) groups is 1. The molecule has 2 aliphatic rings. The molecule has 0 atom stereocenters. The second-order valence-electron chi connectivity index (χ2n) is 7.19. The number of nitrogens with zero attached hydrogens (tertiary/aromatic N) is 4. The lowest BCUT2D eigenvalue weighted by atomic mass is 10.3. The van der Waals surface area contributed by atoms with Crippen molar-refractivity contribution >= 4 is 38.4 Å². The lowest BCUT2D eigenvalue weighted by Crippen LogP contribution is -2.39. The third-order valence-corrected chi connectivity index (χ3v) is 6.30. The van der Waals surface area contributed by atoms with Crippen LogP contribution in [-0.2, 0) is 18.4 Å². The van der Waals surface area contributed by atoms with Crippen LogP contribution in [0.4, 0.5) is 10.8 Å². The monoisotopic (exact) mass is 429 g/mol. The molecule has 2 aliphatic heterocycles. The summed E-state index contributed by atoms with van der Waals surface area (Å²) in [5.41, 5.74) is -0.206. The number of hydrogen-bond donors (Lipinski definition) is 1. The van der Waals surface area contributed by atoms with Gasteiger partial charge in [0.2, 0.25) is 12.7 Å². The molecule has 0 aliphatic carbocycles. The predicted molar refractivity (Wildman–Crippen MR) is 112 cm³/mol. The molecule has 2 aromatic heterocycles. The highest BCUT2D eigenvalue weighted by Gasteiger charge is 2.22. The summed E-state index contributed by atoms with van der Waals surface area (Å²) in [6, 6.07) is 5.06. The first-order valence-corrected chi connectivity index (χ1v) is 10.4. The zero-order valence-corrected chi connectivity index (χ0v) is 17.0. The van der Waals surface area contributed by atoms with Gasteiger partial charge in [-0.15, -0.1) is 0 Å². The van der Waals surface area contributed by atoms with E-state index in [-0.39, 0.29) is 19.0 Å². The van der Waals surface area contributed by atoms with Crippen LogP contribution in [0.3, 0.4) is 0 Å². The Morgan fingerprint density at radius 2 is 1.97 bits per heavy atom. The average molecular weight is 429 g/mol. The maximum Gasteiger partial charge on any atom is 0.332 e. The third-order valence-electron chi connectivity index (χ3n) is 5.20. The number of aromatic nitrogens is 3. The van der Waals surface area contributed by atoms with Crippen molar-refractivity contribution in [2.75, 3.05) is 30.1 Å². The molecule has 30 heavy (non-hydrogen) atoms. The normalized spacial score (nSPS) is 15.2. The minimum atomic E-state index is -0.577. The fourth-order valence-electron chi connectivity index (χ4n) is 3.64. The van der Waals surface area contributed by atoms with Crippen molar-refractivity contribution in [1.29, 1.82) is 0 Å². The molecule has 3 aromatic rings. The molecule has 1 N–H and O–H groups in total. The zero-order valence-electron chi connectivity index (χ0n) is 16.2. The number of nitrogens with one attached hydrogen (secondary N) is 1. The van der Waals surface area contributed by atoms with Crippen LogP contribution >= 0.6 is 11.3 Å². The van der Waals surface area contributed by atoms with Gasteiger partial charge in [-0.2, -0.15) is 0 Å². The lowest BCUT2D eigenvalue weighted by Gasteiger charge is -2.12. The lowest BCUT2D eigenvalue weighted by molar-refractivity contribution is -0.116. The van der Waals surface area contributed by atoms with Crippen LogP contribution in [0.1, 0.15) is 12.8 Å². The summed E-state index contributed by atoms with van der Waals surface area (Å²) >= 11 is 1.26. The average Bonchev–Trinajstić information content (AvgIpc) is 3.49. The number of thiazole rings is 1. The summed E-state index contributed by atoms with van der Waals surface area (Å²) < 4.78 is 13.2. The van der Waals surface area contributed by atoms with Gasteiger partial charge >= 0.3 is 5.69 Å². The Bertz CT molecular complexity index is 1270. The van der Waals surface area contributed by atoms with Crippen molar-refractivity contribution in [1.82, 2.24) is 14.1 Å². The SMILES string of the molecule is Cn1c(=O)c2sc(N3CCCC3)nc2n(CC(=O)Nc2ccc3c(c2)OCO3)c1=O. The van der Waals surface area contributed by atoms with E-state index in [0.29, 0.717) is 27.0 Å². The van der Waals surface area contributed by atoms with Gasteiger partial charge in [0.1, 0.15) is 11.2 Å². The van der Waals surface area contributed by atoms with Gasteiger partial charge in [0.05, 0.1) is 0 Å². The molecule has 1 aromatic carbocycles. The molecule has 0 unspecified atom stereocenters. The molecule has 1 amide bonds. The Morgan fingerprint density at radius 3 is 2.77 bits per heavy atom. The van der Waals surface area contributed by atoms with E-state index in [1.165, 1.54) is 23.0 Å². The largest absolute Gasteiger partial charge is 0.454 e. The molecule has 0 radical (unpaired) electrons. The highest BCUT2D eigenvalue weighted by Crippen LogP contribution is 2.34. The first kappa shape index (κ1) is 18.7. The van der Waals surface area contributed by atoms with E-state index in [0.717, 1.165) is 30.5 Å². The number of benzene rings is 1. The Hall–Kier alpha value is -3.34. The second kappa shape index (κ2) is 7.17. The number of amides is 1. The highest BCUT2D eigenvalue weighted by atomic mass is 32.1. The molecule has 11 heteroatoms. The first-order valence-electron chi connectivity index (χ1n) is 9.56. The second-order valence-corrected chi connectivity index (χ2v) is 8.17. The van der Waals surface area contributed by atoms with Gasteiger partial charge < -0.3 is 19.7 Å². The zero-order chi connectivity index (χ0) is 20.8. The Kier molecular flexibility index (Phi) is 4.46. The highest BCUT2D eigenvalue weighted by molar-refractivity contribution is 7.22. The summed E-state index contributed by atoms with van der Waals surface area (Å²) in [4.78, 5) is 44.6. The number of carbonyl (C=O) groups excluding carboxylic acids is 1. The fourth-order valence-corrected chi connectivity index (χ4v) is 4.74. The number of hydrogen-bond acceptors (Lipinski definition) is 8. The molecular formula is C19H19N5O5S. The Labute approximate surface area is 174 Å². The molecule has 0 saturated carbocycles. The number of ether oxygens (including phenoxy) is 2. The molecule has 1 fully saturated rings. The standard InChI is InChI=1S/C19H19N5O5S/c1-22-17(26)15-16(21-18(30-15)23-6-2-3-7-23)24(19(22)27)9-14(25)20-11-4-5-12-13(8-11)29-10-28-12/h4-5,8H,2-3,6-7,9-10H2,1H3,(H,20,25). The molecule has 5 rings (SSSR count). The summed E-state index contributed by atoms with van der Waals surface area (Å²) in [6.07, 6.45) is 2.14. The van der Waals surface area contributed by atoms with Gasteiger partial charge in [0.15, 0.2) is 22.3 Å².